The lowest BCUT2D eigenvalue weighted by molar-refractivity contribution is -0.139. The fraction of sp³-hybridized carbons (Fsp3) is 0.0833. The average Bonchev–Trinajstić information content (AvgIpc) is 3.03. The number of carboxylic acid groups (broad SMARTS) is 1. The van der Waals surface area contributed by atoms with Gasteiger partial charge in [-0.1, -0.05) is 30.3 Å². The van der Waals surface area contributed by atoms with Gasteiger partial charge in [-0.15, -0.1) is 0 Å². The molecule has 3 amide bonds. The molecule has 0 saturated carbocycles. The summed E-state index contributed by atoms with van der Waals surface area (Å²) in [5, 5.41) is 11.4. The Bertz CT molecular complexity index is 1180. The fourth-order valence-electron chi connectivity index (χ4n) is 3.34. The van der Waals surface area contributed by atoms with Crippen molar-refractivity contribution in [1.82, 2.24) is 4.90 Å². The van der Waals surface area contributed by atoms with Gasteiger partial charge in [-0.25, -0.2) is 4.79 Å². The smallest absolute Gasteiger partial charge is 0.341 e. The molecular weight excluding hydrogens is 412 g/mol. The Labute approximate surface area is 183 Å². The number of carbonyl (C=O) groups is 4. The Kier molecular flexibility index (Phi) is 5.67. The summed E-state index contributed by atoms with van der Waals surface area (Å²) in [4.78, 5) is 49.3. The SMILES string of the molecule is O=C(O)COc1cccc(NC(=O)c2ccc(CN3C(=O)c4ccccc4C3=O)cc2)c1. The third-order valence-corrected chi connectivity index (χ3v) is 4.89. The van der Waals surface area contributed by atoms with Crippen molar-refractivity contribution in [2.24, 2.45) is 0 Å². The molecule has 1 aliphatic rings. The molecule has 4 rings (SSSR count). The zero-order chi connectivity index (χ0) is 22.7. The lowest BCUT2D eigenvalue weighted by atomic mass is 10.1. The summed E-state index contributed by atoms with van der Waals surface area (Å²) in [6.07, 6.45) is 0. The number of rotatable bonds is 7. The van der Waals surface area contributed by atoms with Gasteiger partial charge in [-0.05, 0) is 42.0 Å². The van der Waals surface area contributed by atoms with Gasteiger partial charge in [0.1, 0.15) is 5.75 Å². The van der Waals surface area contributed by atoms with Gasteiger partial charge in [0.15, 0.2) is 6.61 Å². The minimum atomic E-state index is -1.10. The number of aliphatic carboxylic acids is 1. The molecule has 0 aromatic heterocycles. The van der Waals surface area contributed by atoms with E-state index in [-0.39, 0.29) is 24.3 Å². The van der Waals surface area contributed by atoms with Crippen molar-refractivity contribution in [3.63, 3.8) is 0 Å². The summed E-state index contributed by atoms with van der Waals surface area (Å²) in [6, 6.07) is 19.7. The zero-order valence-corrected chi connectivity index (χ0v) is 16.8. The fourth-order valence-corrected chi connectivity index (χ4v) is 3.34. The monoisotopic (exact) mass is 430 g/mol. The van der Waals surface area contributed by atoms with Gasteiger partial charge in [0.05, 0.1) is 17.7 Å². The highest BCUT2D eigenvalue weighted by Gasteiger charge is 2.34. The Hall–Kier alpha value is -4.46. The molecule has 0 aliphatic carbocycles. The maximum Gasteiger partial charge on any atom is 0.341 e. The Morgan fingerprint density at radius 3 is 2.16 bits per heavy atom. The molecule has 8 nitrogen and oxygen atoms in total. The van der Waals surface area contributed by atoms with Gasteiger partial charge < -0.3 is 15.2 Å². The molecule has 8 heteroatoms. The topological polar surface area (TPSA) is 113 Å². The maximum absolute atomic E-state index is 12.5. The number of amides is 3. The van der Waals surface area contributed by atoms with Gasteiger partial charge in [0.25, 0.3) is 17.7 Å². The third kappa shape index (κ3) is 4.34. The van der Waals surface area contributed by atoms with E-state index in [1.165, 1.54) is 11.0 Å². The van der Waals surface area contributed by atoms with Crippen LogP contribution in [-0.2, 0) is 11.3 Å². The minimum absolute atomic E-state index is 0.108. The largest absolute Gasteiger partial charge is 0.482 e. The molecule has 0 atom stereocenters. The van der Waals surface area contributed by atoms with Gasteiger partial charge in [0, 0.05) is 17.3 Å². The molecule has 0 fully saturated rings. The van der Waals surface area contributed by atoms with E-state index >= 15 is 0 Å². The molecule has 3 aromatic carbocycles. The maximum atomic E-state index is 12.5. The van der Waals surface area contributed by atoms with E-state index in [4.69, 9.17) is 9.84 Å². The summed E-state index contributed by atoms with van der Waals surface area (Å²) in [5.41, 5.74) is 2.33. The first-order valence-corrected chi connectivity index (χ1v) is 9.72. The van der Waals surface area contributed by atoms with E-state index in [0.29, 0.717) is 33.7 Å². The number of benzene rings is 3. The molecule has 3 aromatic rings. The molecule has 32 heavy (non-hydrogen) atoms. The molecule has 1 aliphatic heterocycles. The van der Waals surface area contributed by atoms with Crippen LogP contribution in [-0.4, -0.2) is 40.3 Å². The second-order valence-electron chi connectivity index (χ2n) is 7.10. The van der Waals surface area contributed by atoms with Crippen LogP contribution in [0, 0.1) is 0 Å². The van der Waals surface area contributed by atoms with Crippen molar-refractivity contribution in [2.75, 3.05) is 11.9 Å². The standard InChI is InChI=1S/C24H18N2O6/c27-21(28)14-32-18-5-3-4-17(12-18)25-22(29)16-10-8-15(9-11-16)13-26-23(30)19-6-1-2-7-20(19)24(26)31/h1-12H,13-14H2,(H,25,29)(H,27,28). The number of carbonyl (C=O) groups excluding carboxylic acids is 3. The van der Waals surface area contributed by atoms with Crippen LogP contribution < -0.4 is 10.1 Å². The number of ether oxygens (including phenoxy) is 1. The molecule has 0 spiro atoms. The Morgan fingerprint density at radius 2 is 1.53 bits per heavy atom. The number of nitrogens with zero attached hydrogens (tertiary/aromatic N) is 1. The summed E-state index contributed by atoms with van der Waals surface area (Å²) in [5.74, 6) is -1.82. The minimum Gasteiger partial charge on any atom is -0.482 e. The van der Waals surface area contributed by atoms with Crippen LogP contribution in [0.25, 0.3) is 0 Å². The number of carboxylic acids is 1. The van der Waals surface area contributed by atoms with E-state index < -0.39 is 12.6 Å². The van der Waals surface area contributed by atoms with Crippen LogP contribution in [0.2, 0.25) is 0 Å². The second kappa shape index (κ2) is 8.73. The average molecular weight is 430 g/mol. The van der Waals surface area contributed by atoms with Crippen LogP contribution in [0.3, 0.4) is 0 Å². The highest BCUT2D eigenvalue weighted by atomic mass is 16.5. The van der Waals surface area contributed by atoms with Crippen molar-refractivity contribution >= 4 is 29.4 Å². The first-order valence-electron chi connectivity index (χ1n) is 9.72. The molecule has 160 valence electrons. The van der Waals surface area contributed by atoms with Crippen LogP contribution in [0.1, 0.15) is 36.6 Å². The van der Waals surface area contributed by atoms with Crippen molar-refractivity contribution in [2.45, 2.75) is 6.54 Å². The van der Waals surface area contributed by atoms with E-state index in [2.05, 4.69) is 5.32 Å². The normalized spacial score (nSPS) is 12.4. The first-order chi connectivity index (χ1) is 15.4. The first kappa shape index (κ1) is 20.8. The number of hydrogen-bond acceptors (Lipinski definition) is 5. The zero-order valence-electron chi connectivity index (χ0n) is 16.8. The highest BCUT2D eigenvalue weighted by molar-refractivity contribution is 6.21. The number of anilines is 1. The van der Waals surface area contributed by atoms with E-state index in [1.807, 2.05) is 0 Å². The quantitative estimate of drug-likeness (QED) is 0.557. The Morgan fingerprint density at radius 1 is 0.875 bits per heavy atom. The summed E-state index contributed by atoms with van der Waals surface area (Å²) in [6.45, 7) is -0.372. The highest BCUT2D eigenvalue weighted by Crippen LogP contribution is 2.24. The van der Waals surface area contributed by atoms with E-state index in [9.17, 15) is 19.2 Å². The number of hydrogen-bond donors (Lipinski definition) is 2. The van der Waals surface area contributed by atoms with Crippen LogP contribution >= 0.6 is 0 Å². The molecule has 0 unspecified atom stereocenters. The molecule has 0 radical (unpaired) electrons. The lowest BCUT2D eigenvalue weighted by Crippen LogP contribution is -2.29. The second-order valence-corrected chi connectivity index (χ2v) is 7.10. The van der Waals surface area contributed by atoms with Gasteiger partial charge >= 0.3 is 5.97 Å². The van der Waals surface area contributed by atoms with E-state index in [1.54, 1.807) is 66.7 Å². The van der Waals surface area contributed by atoms with Crippen molar-refractivity contribution in [1.29, 1.82) is 0 Å². The predicted octanol–water partition coefficient (Wildman–Crippen LogP) is 3.20. The van der Waals surface area contributed by atoms with Crippen molar-refractivity contribution < 1.29 is 29.0 Å². The molecule has 1 heterocycles. The number of fused-ring (bicyclic) bond motifs is 1. The molecular formula is C24H18N2O6. The third-order valence-electron chi connectivity index (χ3n) is 4.89. The van der Waals surface area contributed by atoms with Gasteiger partial charge in [0.2, 0.25) is 0 Å². The van der Waals surface area contributed by atoms with E-state index in [0.717, 1.165) is 0 Å². The summed E-state index contributed by atoms with van der Waals surface area (Å²) in [7, 11) is 0. The predicted molar refractivity (Wildman–Crippen MR) is 115 cm³/mol. The summed E-state index contributed by atoms with van der Waals surface area (Å²) >= 11 is 0. The van der Waals surface area contributed by atoms with Crippen LogP contribution in [0.5, 0.6) is 5.75 Å². The van der Waals surface area contributed by atoms with Crippen LogP contribution in [0.15, 0.2) is 72.8 Å². The molecule has 0 bridgehead atoms. The molecule has 0 saturated heterocycles. The summed E-state index contributed by atoms with van der Waals surface area (Å²) < 4.78 is 5.10. The lowest BCUT2D eigenvalue weighted by Gasteiger charge is -2.14. The Balaban J connectivity index is 1.40. The molecule has 2 N–H and O–H groups in total. The van der Waals surface area contributed by atoms with Crippen LogP contribution in [0.4, 0.5) is 5.69 Å². The number of nitrogens with one attached hydrogen (secondary N) is 1. The van der Waals surface area contributed by atoms with Gasteiger partial charge in [-0.3, -0.25) is 19.3 Å². The van der Waals surface area contributed by atoms with Gasteiger partial charge in [-0.2, -0.15) is 0 Å². The number of imide groups is 1. The van der Waals surface area contributed by atoms with Crippen molar-refractivity contribution in [3.8, 4) is 5.75 Å². The van der Waals surface area contributed by atoms with Crippen molar-refractivity contribution in [3.05, 3.63) is 95.1 Å².